The molecule has 0 radical (unpaired) electrons. The summed E-state index contributed by atoms with van der Waals surface area (Å²) in [7, 11) is 1.59. The third-order valence-corrected chi connectivity index (χ3v) is 2.58. The second kappa shape index (κ2) is 5.96. The fraction of sp³-hybridized carbons (Fsp3) is 0.500. The zero-order valence-corrected chi connectivity index (χ0v) is 10.0. The third kappa shape index (κ3) is 2.63. The highest BCUT2D eigenvalue weighted by Crippen LogP contribution is 2.16. The molecule has 4 nitrogen and oxygen atoms in total. The number of ether oxygens (including phenoxy) is 1. The van der Waals surface area contributed by atoms with Gasteiger partial charge in [0.1, 0.15) is 17.7 Å². The Balaban J connectivity index is 2.96. The van der Waals surface area contributed by atoms with Gasteiger partial charge in [0, 0.05) is 19.3 Å². The van der Waals surface area contributed by atoms with Crippen molar-refractivity contribution in [2.75, 3.05) is 20.2 Å². The highest BCUT2D eigenvalue weighted by atomic mass is 16.5. The van der Waals surface area contributed by atoms with Crippen molar-refractivity contribution in [1.29, 1.82) is 5.26 Å². The van der Waals surface area contributed by atoms with Gasteiger partial charge in [0.15, 0.2) is 0 Å². The number of aliphatic imine (C=N–C) groups is 1. The molecule has 1 rings (SSSR count). The molecular weight excluding hydrogens is 202 g/mol. The first kappa shape index (κ1) is 12.3. The molecule has 0 aromatic heterocycles. The van der Waals surface area contributed by atoms with Crippen LogP contribution < -0.4 is 0 Å². The zero-order chi connectivity index (χ0) is 12.0. The van der Waals surface area contributed by atoms with Gasteiger partial charge in [-0.15, -0.1) is 0 Å². The molecule has 0 aliphatic carbocycles. The van der Waals surface area contributed by atoms with E-state index in [0.29, 0.717) is 17.8 Å². The van der Waals surface area contributed by atoms with Crippen molar-refractivity contribution < 1.29 is 4.74 Å². The first-order chi connectivity index (χ1) is 7.76. The van der Waals surface area contributed by atoms with Crippen molar-refractivity contribution in [2.45, 2.75) is 20.3 Å². The van der Waals surface area contributed by atoms with Gasteiger partial charge in [0.2, 0.25) is 0 Å². The van der Waals surface area contributed by atoms with Crippen LogP contribution in [0.1, 0.15) is 20.3 Å². The highest BCUT2D eigenvalue weighted by molar-refractivity contribution is 5.85. The van der Waals surface area contributed by atoms with Crippen molar-refractivity contribution in [1.82, 2.24) is 4.90 Å². The first-order valence-electron chi connectivity index (χ1n) is 5.42. The predicted octanol–water partition coefficient (Wildman–Crippen LogP) is 2.07. The SMILES string of the molecule is CCN(CC)C1=NC=CC(C#N)=C(OC)C1. The summed E-state index contributed by atoms with van der Waals surface area (Å²) in [6.45, 7) is 5.98. The number of allylic oxidation sites excluding steroid dienone is 2. The summed E-state index contributed by atoms with van der Waals surface area (Å²) in [5.41, 5.74) is 0.549. The van der Waals surface area contributed by atoms with Crippen molar-refractivity contribution in [2.24, 2.45) is 4.99 Å². The van der Waals surface area contributed by atoms with Crippen molar-refractivity contribution in [3.05, 3.63) is 23.6 Å². The number of nitriles is 1. The summed E-state index contributed by atoms with van der Waals surface area (Å²) >= 11 is 0. The molecule has 0 aromatic rings. The lowest BCUT2D eigenvalue weighted by Crippen LogP contribution is -2.30. The van der Waals surface area contributed by atoms with E-state index in [4.69, 9.17) is 10.00 Å². The van der Waals surface area contributed by atoms with E-state index in [-0.39, 0.29) is 0 Å². The Hall–Kier alpha value is -1.76. The molecule has 0 spiro atoms. The van der Waals surface area contributed by atoms with Crippen LogP contribution in [0.15, 0.2) is 28.6 Å². The molecular formula is C12H17N3O. The van der Waals surface area contributed by atoms with Gasteiger partial charge in [-0.1, -0.05) is 0 Å². The van der Waals surface area contributed by atoms with E-state index in [0.717, 1.165) is 18.9 Å². The van der Waals surface area contributed by atoms with Crippen LogP contribution in [-0.4, -0.2) is 30.9 Å². The van der Waals surface area contributed by atoms with Gasteiger partial charge in [-0.05, 0) is 19.9 Å². The lowest BCUT2D eigenvalue weighted by Gasteiger charge is -2.22. The van der Waals surface area contributed by atoms with Crippen molar-refractivity contribution in [3.8, 4) is 6.07 Å². The van der Waals surface area contributed by atoms with E-state index >= 15 is 0 Å². The smallest absolute Gasteiger partial charge is 0.121 e. The Bertz CT molecular complexity index is 370. The average Bonchev–Trinajstić information content (AvgIpc) is 2.52. The molecule has 1 aliphatic heterocycles. The van der Waals surface area contributed by atoms with E-state index < -0.39 is 0 Å². The minimum absolute atomic E-state index is 0.549. The molecule has 86 valence electrons. The second-order valence-electron chi connectivity index (χ2n) is 3.36. The molecule has 0 fully saturated rings. The van der Waals surface area contributed by atoms with Crippen molar-refractivity contribution in [3.63, 3.8) is 0 Å². The Morgan fingerprint density at radius 3 is 2.69 bits per heavy atom. The second-order valence-corrected chi connectivity index (χ2v) is 3.36. The molecule has 16 heavy (non-hydrogen) atoms. The number of amidine groups is 1. The van der Waals surface area contributed by atoms with E-state index in [1.54, 1.807) is 19.4 Å². The molecule has 0 amide bonds. The molecule has 0 aromatic carbocycles. The van der Waals surface area contributed by atoms with Gasteiger partial charge in [-0.2, -0.15) is 5.26 Å². The van der Waals surface area contributed by atoms with E-state index in [1.165, 1.54) is 0 Å². The van der Waals surface area contributed by atoms with Gasteiger partial charge in [-0.3, -0.25) is 0 Å². The van der Waals surface area contributed by atoms with E-state index in [1.807, 2.05) is 0 Å². The van der Waals surface area contributed by atoms with Crippen LogP contribution in [0.4, 0.5) is 0 Å². The van der Waals surface area contributed by atoms with Crippen LogP contribution in [0, 0.1) is 11.3 Å². The lowest BCUT2D eigenvalue weighted by atomic mass is 10.2. The van der Waals surface area contributed by atoms with Crippen LogP contribution in [-0.2, 0) is 4.74 Å². The molecule has 0 saturated carbocycles. The predicted molar refractivity (Wildman–Crippen MR) is 63.8 cm³/mol. The van der Waals surface area contributed by atoms with Gasteiger partial charge >= 0.3 is 0 Å². The molecule has 1 heterocycles. The highest BCUT2D eigenvalue weighted by Gasteiger charge is 2.15. The number of nitrogens with zero attached hydrogens (tertiary/aromatic N) is 3. The topological polar surface area (TPSA) is 48.6 Å². The Labute approximate surface area is 96.5 Å². The third-order valence-electron chi connectivity index (χ3n) is 2.58. The van der Waals surface area contributed by atoms with Gasteiger partial charge in [0.05, 0.1) is 19.1 Å². The Morgan fingerprint density at radius 2 is 2.19 bits per heavy atom. The molecule has 0 atom stereocenters. The number of rotatable bonds is 3. The molecule has 0 unspecified atom stereocenters. The van der Waals surface area contributed by atoms with Crippen LogP contribution in [0.5, 0.6) is 0 Å². The molecule has 0 N–H and O–H groups in total. The summed E-state index contributed by atoms with van der Waals surface area (Å²) in [5.74, 6) is 1.63. The largest absolute Gasteiger partial charge is 0.499 e. The standard InChI is InChI=1S/C12H17N3O/c1-4-15(5-2)12-8-11(16-3)10(9-13)6-7-14-12/h6-7H,4-5,8H2,1-3H3. The summed E-state index contributed by atoms with van der Waals surface area (Å²) in [5, 5.41) is 8.95. The maximum absolute atomic E-state index is 8.95. The van der Waals surface area contributed by atoms with Gasteiger partial charge < -0.3 is 9.64 Å². The van der Waals surface area contributed by atoms with Gasteiger partial charge in [0.25, 0.3) is 0 Å². The lowest BCUT2D eigenvalue weighted by molar-refractivity contribution is 0.282. The maximum atomic E-state index is 8.95. The quantitative estimate of drug-likeness (QED) is 0.730. The van der Waals surface area contributed by atoms with Crippen LogP contribution in [0.3, 0.4) is 0 Å². The molecule has 0 saturated heterocycles. The average molecular weight is 219 g/mol. The molecule has 4 heteroatoms. The summed E-state index contributed by atoms with van der Waals surface area (Å²) < 4.78 is 5.24. The zero-order valence-electron chi connectivity index (χ0n) is 10.0. The monoisotopic (exact) mass is 219 g/mol. The van der Waals surface area contributed by atoms with Crippen LogP contribution in [0.25, 0.3) is 0 Å². The summed E-state index contributed by atoms with van der Waals surface area (Å²) in [6, 6.07) is 2.12. The molecule has 1 aliphatic rings. The van der Waals surface area contributed by atoms with Crippen molar-refractivity contribution >= 4 is 5.84 Å². The number of hydrogen-bond donors (Lipinski definition) is 0. The fourth-order valence-corrected chi connectivity index (χ4v) is 1.64. The maximum Gasteiger partial charge on any atom is 0.121 e. The van der Waals surface area contributed by atoms with Crippen LogP contribution >= 0.6 is 0 Å². The fourth-order valence-electron chi connectivity index (χ4n) is 1.64. The number of methoxy groups -OCH3 is 1. The minimum atomic E-state index is 0.549. The Morgan fingerprint density at radius 1 is 1.50 bits per heavy atom. The summed E-state index contributed by atoms with van der Waals surface area (Å²) in [6.07, 6.45) is 3.93. The number of hydrogen-bond acceptors (Lipinski definition) is 4. The normalized spacial score (nSPS) is 15.2. The summed E-state index contributed by atoms with van der Waals surface area (Å²) in [4.78, 5) is 6.51. The van der Waals surface area contributed by atoms with Gasteiger partial charge in [-0.25, -0.2) is 4.99 Å². The molecule has 0 bridgehead atoms. The van der Waals surface area contributed by atoms with E-state index in [2.05, 4.69) is 29.8 Å². The Kier molecular flexibility index (Phi) is 4.59. The first-order valence-corrected chi connectivity index (χ1v) is 5.42. The minimum Gasteiger partial charge on any atom is -0.499 e. The van der Waals surface area contributed by atoms with Crippen LogP contribution in [0.2, 0.25) is 0 Å². The van der Waals surface area contributed by atoms with E-state index in [9.17, 15) is 0 Å².